The van der Waals surface area contributed by atoms with Crippen molar-refractivity contribution in [3.05, 3.63) is 58.0 Å². The summed E-state index contributed by atoms with van der Waals surface area (Å²) in [5.41, 5.74) is 7.73. The zero-order chi connectivity index (χ0) is 21.8. The Kier molecular flexibility index (Phi) is 6.24. The number of carbonyl (C=O) groups is 1. The number of aromatic nitrogens is 3. The molecule has 1 aliphatic heterocycles. The van der Waals surface area contributed by atoms with Gasteiger partial charge in [-0.3, -0.25) is 14.2 Å². The highest BCUT2D eigenvalue weighted by atomic mass is 16.5. The Morgan fingerprint density at radius 1 is 1.23 bits per heavy atom. The van der Waals surface area contributed by atoms with E-state index in [2.05, 4.69) is 20.6 Å². The number of benzene rings is 1. The minimum Gasteiger partial charge on any atom is -0.376 e. The second-order valence-electron chi connectivity index (χ2n) is 7.48. The molecule has 4 N–H and O–H groups in total. The zero-order valence-corrected chi connectivity index (χ0v) is 17.4. The third kappa shape index (κ3) is 4.57. The minimum absolute atomic E-state index is 0.0856. The lowest BCUT2D eigenvalue weighted by Crippen LogP contribution is -2.31. The second kappa shape index (κ2) is 9.23. The number of nitrogens with one attached hydrogen (secondary N) is 2. The van der Waals surface area contributed by atoms with Gasteiger partial charge in [0.05, 0.1) is 17.5 Å². The van der Waals surface area contributed by atoms with Gasteiger partial charge in [0.1, 0.15) is 0 Å². The number of rotatable bonds is 7. The zero-order valence-electron chi connectivity index (χ0n) is 17.4. The summed E-state index contributed by atoms with van der Waals surface area (Å²) < 4.78 is 7.06. The first-order valence-electron chi connectivity index (χ1n) is 10.4. The van der Waals surface area contributed by atoms with Gasteiger partial charge >= 0.3 is 0 Å². The monoisotopic (exact) mass is 422 g/mol. The number of aryl methyl sites for hydroxylation is 1. The number of nitrogens with zero attached hydrogens (tertiary/aromatic N) is 3. The molecule has 0 radical (unpaired) electrons. The fourth-order valence-electron chi connectivity index (χ4n) is 3.65. The number of anilines is 1. The van der Waals surface area contributed by atoms with Crippen LogP contribution in [-0.2, 0) is 4.74 Å². The molecule has 0 saturated carbocycles. The first-order valence-corrected chi connectivity index (χ1v) is 10.4. The standard InChI is InChI=1S/C22H26N6O3/c1-14-18-8-9-19(29)28(20(18)27-22(26-14)24-11-10-23)16-6-4-15(5-7-16)21(30)25-13-17-3-2-12-31-17/h4-9,17H,2-3,10-13,23H2,1H3,(H,25,30)(H,24,26,27). The molecule has 162 valence electrons. The molecule has 9 heteroatoms. The highest BCUT2D eigenvalue weighted by Gasteiger charge is 2.17. The van der Waals surface area contributed by atoms with Gasteiger partial charge in [0, 0.05) is 43.3 Å². The molecule has 3 aromatic rings. The molecule has 9 nitrogen and oxygen atoms in total. The summed E-state index contributed by atoms with van der Waals surface area (Å²) >= 11 is 0. The molecule has 4 rings (SSSR count). The van der Waals surface area contributed by atoms with Gasteiger partial charge in [0.25, 0.3) is 11.5 Å². The van der Waals surface area contributed by atoms with Gasteiger partial charge in [-0.05, 0) is 50.1 Å². The van der Waals surface area contributed by atoms with Crippen molar-refractivity contribution in [2.24, 2.45) is 5.73 Å². The number of hydrogen-bond donors (Lipinski definition) is 3. The molecule has 1 aliphatic rings. The number of hydrogen-bond acceptors (Lipinski definition) is 7. The predicted octanol–water partition coefficient (Wildman–Crippen LogP) is 1.37. The summed E-state index contributed by atoms with van der Waals surface area (Å²) in [4.78, 5) is 34.1. The lowest BCUT2D eigenvalue weighted by Gasteiger charge is -2.13. The van der Waals surface area contributed by atoms with Gasteiger partial charge < -0.3 is 21.1 Å². The van der Waals surface area contributed by atoms with Crippen LogP contribution in [0.5, 0.6) is 0 Å². The van der Waals surface area contributed by atoms with E-state index in [4.69, 9.17) is 10.5 Å². The van der Waals surface area contributed by atoms with Gasteiger partial charge in [-0.15, -0.1) is 0 Å². The molecule has 0 spiro atoms. The van der Waals surface area contributed by atoms with Crippen LogP contribution in [0.4, 0.5) is 5.95 Å². The van der Waals surface area contributed by atoms with E-state index in [-0.39, 0.29) is 17.6 Å². The number of ether oxygens (including phenoxy) is 1. The molecule has 31 heavy (non-hydrogen) atoms. The molecule has 1 amide bonds. The van der Waals surface area contributed by atoms with Crippen LogP contribution in [0.2, 0.25) is 0 Å². The fourth-order valence-corrected chi connectivity index (χ4v) is 3.65. The molecular weight excluding hydrogens is 396 g/mol. The van der Waals surface area contributed by atoms with E-state index in [1.54, 1.807) is 30.3 Å². The Bertz CT molecular complexity index is 1140. The van der Waals surface area contributed by atoms with E-state index < -0.39 is 0 Å². The number of fused-ring (bicyclic) bond motifs is 1. The van der Waals surface area contributed by atoms with Gasteiger partial charge in [-0.25, -0.2) is 4.98 Å². The van der Waals surface area contributed by atoms with Gasteiger partial charge in [-0.1, -0.05) is 0 Å². The lowest BCUT2D eigenvalue weighted by atomic mass is 10.1. The fraction of sp³-hybridized carbons (Fsp3) is 0.364. The van der Waals surface area contributed by atoms with E-state index in [9.17, 15) is 9.59 Å². The van der Waals surface area contributed by atoms with Crippen molar-refractivity contribution < 1.29 is 9.53 Å². The molecule has 2 aromatic heterocycles. The van der Waals surface area contributed by atoms with Crippen molar-refractivity contribution >= 4 is 22.9 Å². The van der Waals surface area contributed by atoms with E-state index in [0.717, 1.165) is 30.5 Å². The van der Waals surface area contributed by atoms with Crippen molar-refractivity contribution in [3.63, 3.8) is 0 Å². The maximum absolute atomic E-state index is 12.7. The van der Waals surface area contributed by atoms with Gasteiger partial charge in [-0.2, -0.15) is 4.98 Å². The molecule has 0 aliphatic carbocycles. The van der Waals surface area contributed by atoms with Crippen LogP contribution in [0.1, 0.15) is 28.9 Å². The van der Waals surface area contributed by atoms with E-state index in [0.29, 0.717) is 42.5 Å². The van der Waals surface area contributed by atoms with Gasteiger partial charge in [0.15, 0.2) is 5.65 Å². The van der Waals surface area contributed by atoms with E-state index in [1.165, 1.54) is 10.6 Å². The summed E-state index contributed by atoms with van der Waals surface area (Å²) in [6.07, 6.45) is 2.08. The van der Waals surface area contributed by atoms with Crippen LogP contribution in [0, 0.1) is 6.92 Å². The first-order chi connectivity index (χ1) is 15.1. The molecular formula is C22H26N6O3. The number of carbonyl (C=O) groups excluding carboxylic acids is 1. The van der Waals surface area contributed by atoms with Crippen LogP contribution < -0.4 is 21.9 Å². The number of pyridine rings is 1. The normalized spacial score (nSPS) is 15.9. The third-order valence-electron chi connectivity index (χ3n) is 5.27. The summed E-state index contributed by atoms with van der Waals surface area (Å²) in [5.74, 6) is 0.249. The quantitative estimate of drug-likeness (QED) is 0.525. The second-order valence-corrected chi connectivity index (χ2v) is 7.48. The van der Waals surface area contributed by atoms with Crippen molar-refractivity contribution in [2.75, 3.05) is 31.6 Å². The topological polar surface area (TPSA) is 124 Å². The Morgan fingerprint density at radius 2 is 2.03 bits per heavy atom. The van der Waals surface area contributed by atoms with Crippen molar-refractivity contribution in [1.29, 1.82) is 0 Å². The molecule has 0 bridgehead atoms. The average Bonchev–Trinajstić information content (AvgIpc) is 3.30. The molecule has 1 saturated heterocycles. The summed E-state index contributed by atoms with van der Waals surface area (Å²) in [5, 5.41) is 6.74. The molecule has 3 heterocycles. The first kappa shape index (κ1) is 21.0. The summed E-state index contributed by atoms with van der Waals surface area (Å²) in [6.45, 7) is 4.09. The van der Waals surface area contributed by atoms with Gasteiger partial charge in [0.2, 0.25) is 5.95 Å². The third-order valence-corrected chi connectivity index (χ3v) is 5.27. The predicted molar refractivity (Wildman–Crippen MR) is 119 cm³/mol. The maximum atomic E-state index is 12.7. The highest BCUT2D eigenvalue weighted by Crippen LogP contribution is 2.19. The van der Waals surface area contributed by atoms with E-state index >= 15 is 0 Å². The molecule has 1 aromatic carbocycles. The Hall–Kier alpha value is -3.30. The van der Waals surface area contributed by atoms with Crippen LogP contribution >= 0.6 is 0 Å². The highest BCUT2D eigenvalue weighted by molar-refractivity contribution is 5.94. The minimum atomic E-state index is -0.217. The number of amides is 1. The Morgan fingerprint density at radius 3 is 2.74 bits per heavy atom. The molecule has 1 atom stereocenters. The maximum Gasteiger partial charge on any atom is 0.256 e. The average molecular weight is 422 g/mol. The summed E-state index contributed by atoms with van der Waals surface area (Å²) in [6, 6.07) is 10.1. The van der Waals surface area contributed by atoms with Crippen LogP contribution in [-0.4, -0.2) is 52.8 Å². The SMILES string of the molecule is Cc1nc(NCCN)nc2c1ccc(=O)n2-c1ccc(C(=O)NCC2CCCO2)cc1. The Labute approximate surface area is 179 Å². The van der Waals surface area contributed by atoms with E-state index in [1.807, 2.05) is 6.92 Å². The molecule has 1 unspecified atom stereocenters. The van der Waals surface area contributed by atoms with Crippen molar-refractivity contribution in [3.8, 4) is 5.69 Å². The smallest absolute Gasteiger partial charge is 0.256 e. The Balaban J connectivity index is 1.63. The van der Waals surface area contributed by atoms with Crippen molar-refractivity contribution in [2.45, 2.75) is 25.9 Å². The molecule has 1 fully saturated rings. The van der Waals surface area contributed by atoms with Crippen LogP contribution in [0.3, 0.4) is 0 Å². The van der Waals surface area contributed by atoms with Crippen molar-refractivity contribution in [1.82, 2.24) is 19.9 Å². The largest absolute Gasteiger partial charge is 0.376 e. The van der Waals surface area contributed by atoms with Crippen LogP contribution in [0.15, 0.2) is 41.2 Å². The lowest BCUT2D eigenvalue weighted by molar-refractivity contribution is 0.0858. The van der Waals surface area contributed by atoms with Crippen LogP contribution in [0.25, 0.3) is 16.7 Å². The summed E-state index contributed by atoms with van der Waals surface area (Å²) in [7, 11) is 0. The number of nitrogens with two attached hydrogens (primary N) is 1.